The summed E-state index contributed by atoms with van der Waals surface area (Å²) in [5, 5.41) is 7.22. The summed E-state index contributed by atoms with van der Waals surface area (Å²) in [5.41, 5.74) is 3.24. The first kappa shape index (κ1) is 20.2. The maximum atomic E-state index is 12.0. The van der Waals surface area contributed by atoms with Crippen LogP contribution >= 0.6 is 0 Å². The van der Waals surface area contributed by atoms with E-state index in [2.05, 4.69) is 25.4 Å². The number of amides is 1. The van der Waals surface area contributed by atoms with E-state index in [9.17, 15) is 4.79 Å². The van der Waals surface area contributed by atoms with E-state index in [-0.39, 0.29) is 0 Å². The summed E-state index contributed by atoms with van der Waals surface area (Å²) in [5.74, 6) is 0.525. The summed E-state index contributed by atoms with van der Waals surface area (Å²) in [4.78, 5) is 26.8. The molecule has 0 bridgehead atoms. The minimum atomic E-state index is -0.559. The highest BCUT2D eigenvalue weighted by Gasteiger charge is 2.17. The maximum Gasteiger partial charge on any atom is 0.412 e. The number of carbonyl (C=O) groups excluding carboxylic acids is 1. The third-order valence-corrected chi connectivity index (χ3v) is 3.82. The van der Waals surface area contributed by atoms with Crippen LogP contribution in [0.2, 0.25) is 0 Å². The van der Waals surface area contributed by atoms with Gasteiger partial charge in [0.1, 0.15) is 23.0 Å². The smallest absolute Gasteiger partial charge is 0.412 e. The maximum absolute atomic E-state index is 12.0. The first-order valence-corrected chi connectivity index (χ1v) is 9.14. The van der Waals surface area contributed by atoms with Gasteiger partial charge in [0.25, 0.3) is 0 Å². The van der Waals surface area contributed by atoms with E-state index < -0.39 is 11.7 Å². The number of aryl methyl sites for hydroxylation is 1. The molecule has 9 nitrogen and oxygen atoms in total. The van der Waals surface area contributed by atoms with Crippen molar-refractivity contribution in [1.29, 1.82) is 0 Å². The number of benzene rings is 1. The van der Waals surface area contributed by atoms with Gasteiger partial charge in [0, 0.05) is 19.8 Å². The molecule has 29 heavy (non-hydrogen) atoms. The van der Waals surface area contributed by atoms with Gasteiger partial charge in [-0.25, -0.2) is 24.4 Å². The third kappa shape index (κ3) is 4.87. The molecule has 0 aliphatic rings. The molecule has 0 aliphatic carbocycles. The molecule has 3 aromatic rings. The standard InChI is InChI=1S/C20H25N7O2/c1-13-9-14(25-19(28)29-20(2,3)4)7-8-16(13)27-17-15(10-24-27)21-11-22-18(17)23-12-26(5)6/h7-12H,1-6H3,(H,25,28). The number of anilines is 1. The highest BCUT2D eigenvalue weighted by molar-refractivity contribution is 5.88. The van der Waals surface area contributed by atoms with Gasteiger partial charge in [-0.1, -0.05) is 0 Å². The number of hydrogen-bond donors (Lipinski definition) is 1. The molecule has 9 heteroatoms. The summed E-state index contributed by atoms with van der Waals surface area (Å²) in [7, 11) is 3.78. The van der Waals surface area contributed by atoms with E-state index in [1.165, 1.54) is 6.33 Å². The van der Waals surface area contributed by atoms with Crippen molar-refractivity contribution >= 4 is 35.0 Å². The molecule has 2 aromatic heterocycles. The predicted molar refractivity (Wildman–Crippen MR) is 113 cm³/mol. The van der Waals surface area contributed by atoms with Crippen LogP contribution in [-0.2, 0) is 4.74 Å². The van der Waals surface area contributed by atoms with E-state index in [4.69, 9.17) is 4.74 Å². The second-order valence-corrected chi connectivity index (χ2v) is 7.82. The number of nitrogens with one attached hydrogen (secondary N) is 1. The van der Waals surface area contributed by atoms with Gasteiger partial charge in [-0.15, -0.1) is 0 Å². The molecule has 2 heterocycles. The summed E-state index contributed by atoms with van der Waals surface area (Å²) in [6, 6.07) is 5.53. The highest BCUT2D eigenvalue weighted by Crippen LogP contribution is 2.27. The van der Waals surface area contributed by atoms with Crippen molar-refractivity contribution in [1.82, 2.24) is 24.6 Å². The highest BCUT2D eigenvalue weighted by atomic mass is 16.6. The number of carbonyl (C=O) groups is 1. The molecule has 1 N–H and O–H groups in total. The van der Waals surface area contributed by atoms with Crippen LogP contribution in [0.25, 0.3) is 16.7 Å². The molecule has 0 radical (unpaired) electrons. The number of fused-ring (bicyclic) bond motifs is 1. The molecule has 0 unspecified atom stereocenters. The van der Waals surface area contributed by atoms with Crippen molar-refractivity contribution in [2.24, 2.45) is 4.99 Å². The summed E-state index contributed by atoms with van der Waals surface area (Å²) < 4.78 is 7.05. The number of hydrogen-bond acceptors (Lipinski definition) is 6. The molecular formula is C20H25N7O2. The molecule has 3 rings (SSSR count). The third-order valence-electron chi connectivity index (χ3n) is 3.82. The van der Waals surface area contributed by atoms with Crippen LogP contribution in [0.5, 0.6) is 0 Å². The Hall–Kier alpha value is -3.49. The average molecular weight is 395 g/mol. The molecule has 152 valence electrons. The van der Waals surface area contributed by atoms with Crippen LogP contribution in [0.1, 0.15) is 26.3 Å². The molecular weight excluding hydrogens is 370 g/mol. The van der Waals surface area contributed by atoms with Gasteiger partial charge in [0.05, 0.1) is 18.2 Å². The second kappa shape index (κ2) is 7.86. The topological polar surface area (TPSA) is 97.5 Å². The predicted octanol–water partition coefficient (Wildman–Crippen LogP) is 3.69. The van der Waals surface area contributed by atoms with Crippen LogP contribution in [0.4, 0.5) is 16.3 Å². The minimum Gasteiger partial charge on any atom is -0.444 e. The fraction of sp³-hybridized carbons (Fsp3) is 0.350. The average Bonchev–Trinajstić information content (AvgIpc) is 3.03. The molecule has 0 aliphatic heterocycles. The van der Waals surface area contributed by atoms with Gasteiger partial charge in [0.15, 0.2) is 5.82 Å². The van der Waals surface area contributed by atoms with Gasteiger partial charge in [-0.05, 0) is 51.5 Å². The number of rotatable bonds is 4. The quantitative estimate of drug-likeness (QED) is 0.534. The van der Waals surface area contributed by atoms with E-state index in [1.807, 2.05) is 58.8 Å². The molecule has 1 aromatic carbocycles. The zero-order chi connectivity index (χ0) is 21.2. The van der Waals surface area contributed by atoms with Crippen molar-refractivity contribution in [3.8, 4) is 5.69 Å². The molecule has 0 spiro atoms. The number of aliphatic imine (C=N–C) groups is 1. The van der Waals surface area contributed by atoms with Crippen molar-refractivity contribution in [2.45, 2.75) is 33.3 Å². The Morgan fingerprint density at radius 3 is 2.69 bits per heavy atom. The van der Waals surface area contributed by atoms with Gasteiger partial charge in [0.2, 0.25) is 0 Å². The lowest BCUT2D eigenvalue weighted by atomic mass is 10.1. The van der Waals surface area contributed by atoms with Crippen molar-refractivity contribution < 1.29 is 9.53 Å². The zero-order valence-electron chi connectivity index (χ0n) is 17.5. The molecule has 0 saturated heterocycles. The lowest BCUT2D eigenvalue weighted by Gasteiger charge is -2.20. The Morgan fingerprint density at radius 1 is 1.28 bits per heavy atom. The monoisotopic (exact) mass is 395 g/mol. The lowest BCUT2D eigenvalue weighted by molar-refractivity contribution is 0.0636. The van der Waals surface area contributed by atoms with Gasteiger partial charge < -0.3 is 9.64 Å². The number of aromatic nitrogens is 4. The van der Waals surface area contributed by atoms with E-state index in [0.29, 0.717) is 22.5 Å². The van der Waals surface area contributed by atoms with Crippen LogP contribution in [0.3, 0.4) is 0 Å². The normalized spacial score (nSPS) is 11.8. The molecule has 1 amide bonds. The Kier molecular flexibility index (Phi) is 5.49. The Labute approximate surface area is 169 Å². The van der Waals surface area contributed by atoms with Crippen molar-refractivity contribution in [3.05, 3.63) is 36.3 Å². The fourth-order valence-corrected chi connectivity index (χ4v) is 2.69. The summed E-state index contributed by atoms with van der Waals surface area (Å²) >= 11 is 0. The summed E-state index contributed by atoms with van der Waals surface area (Å²) in [6.07, 6.45) is 4.33. The number of nitrogens with zero attached hydrogens (tertiary/aromatic N) is 6. The van der Waals surface area contributed by atoms with E-state index in [1.54, 1.807) is 23.3 Å². The summed E-state index contributed by atoms with van der Waals surface area (Å²) in [6.45, 7) is 7.41. The Morgan fingerprint density at radius 2 is 2.03 bits per heavy atom. The van der Waals surface area contributed by atoms with Gasteiger partial charge in [-0.2, -0.15) is 5.10 Å². The SMILES string of the molecule is Cc1cc(NC(=O)OC(C)(C)C)ccc1-n1ncc2ncnc(N=CN(C)C)c21. The second-order valence-electron chi connectivity index (χ2n) is 7.82. The van der Waals surface area contributed by atoms with Crippen LogP contribution in [0, 0.1) is 6.92 Å². The largest absolute Gasteiger partial charge is 0.444 e. The first-order chi connectivity index (χ1) is 13.6. The minimum absolute atomic E-state index is 0.497. The molecule has 0 atom stereocenters. The van der Waals surface area contributed by atoms with Crippen molar-refractivity contribution in [3.63, 3.8) is 0 Å². The van der Waals surface area contributed by atoms with E-state index in [0.717, 1.165) is 11.3 Å². The lowest BCUT2D eigenvalue weighted by Crippen LogP contribution is -2.27. The van der Waals surface area contributed by atoms with E-state index >= 15 is 0 Å². The van der Waals surface area contributed by atoms with Crippen molar-refractivity contribution in [2.75, 3.05) is 19.4 Å². The van der Waals surface area contributed by atoms with Crippen LogP contribution in [0.15, 0.2) is 35.7 Å². The van der Waals surface area contributed by atoms with Crippen LogP contribution in [-0.4, -0.2) is 56.8 Å². The first-order valence-electron chi connectivity index (χ1n) is 9.14. The fourth-order valence-electron chi connectivity index (χ4n) is 2.69. The number of ether oxygens (including phenoxy) is 1. The molecule has 0 saturated carbocycles. The van der Waals surface area contributed by atoms with Gasteiger partial charge in [-0.3, -0.25) is 5.32 Å². The zero-order valence-corrected chi connectivity index (χ0v) is 17.5. The van der Waals surface area contributed by atoms with Crippen LogP contribution < -0.4 is 5.32 Å². The Bertz CT molecular complexity index is 1060. The Balaban J connectivity index is 1.95. The molecule has 0 fully saturated rings. The van der Waals surface area contributed by atoms with Gasteiger partial charge >= 0.3 is 6.09 Å².